The van der Waals surface area contributed by atoms with E-state index in [9.17, 15) is 9.90 Å². The monoisotopic (exact) mass is 252 g/mol. The van der Waals surface area contributed by atoms with Crippen LogP contribution in [0.3, 0.4) is 0 Å². The van der Waals surface area contributed by atoms with Crippen molar-refractivity contribution in [1.82, 2.24) is 9.80 Å². The van der Waals surface area contributed by atoms with Crippen molar-refractivity contribution in [2.24, 2.45) is 5.92 Å². The zero-order chi connectivity index (χ0) is 12.5. The molecule has 2 saturated heterocycles. The van der Waals surface area contributed by atoms with E-state index in [1.54, 1.807) is 0 Å². The maximum Gasteiger partial charge on any atom is 0.308 e. The molecule has 3 unspecified atom stereocenters. The van der Waals surface area contributed by atoms with E-state index < -0.39 is 5.97 Å². The summed E-state index contributed by atoms with van der Waals surface area (Å²) in [5.74, 6) is -0.691. The van der Waals surface area contributed by atoms with Crippen LogP contribution in [0.5, 0.6) is 0 Å². The van der Waals surface area contributed by atoms with E-state index in [2.05, 4.69) is 9.80 Å². The van der Waals surface area contributed by atoms with E-state index in [-0.39, 0.29) is 5.92 Å². The number of hydrogen-bond donors (Lipinski definition) is 1. The third kappa shape index (κ3) is 2.28. The maximum atomic E-state index is 11.3. The second-order valence-electron chi connectivity index (χ2n) is 6.12. The average Bonchev–Trinajstić information content (AvgIpc) is 2.87. The van der Waals surface area contributed by atoms with E-state index in [0.717, 1.165) is 38.9 Å². The number of piperazine rings is 1. The molecule has 0 spiro atoms. The zero-order valence-corrected chi connectivity index (χ0v) is 11.1. The van der Waals surface area contributed by atoms with Crippen LogP contribution < -0.4 is 0 Å². The summed E-state index contributed by atoms with van der Waals surface area (Å²) in [4.78, 5) is 16.4. The van der Waals surface area contributed by atoms with E-state index in [0.29, 0.717) is 12.1 Å². The van der Waals surface area contributed by atoms with E-state index in [4.69, 9.17) is 0 Å². The number of hydrogen-bond acceptors (Lipinski definition) is 3. The molecule has 0 bridgehead atoms. The topological polar surface area (TPSA) is 43.8 Å². The number of piperidine rings is 1. The number of aliphatic carboxylic acids is 1. The van der Waals surface area contributed by atoms with Crippen LogP contribution in [0.15, 0.2) is 0 Å². The molecule has 102 valence electrons. The Balaban J connectivity index is 1.64. The summed E-state index contributed by atoms with van der Waals surface area (Å²) in [6.45, 7) is 4.58. The highest BCUT2D eigenvalue weighted by Crippen LogP contribution is 2.32. The number of carboxylic acid groups (broad SMARTS) is 1. The first-order valence-electron chi connectivity index (χ1n) is 7.46. The Hall–Kier alpha value is -0.610. The highest BCUT2D eigenvalue weighted by Gasteiger charge is 2.40. The van der Waals surface area contributed by atoms with Gasteiger partial charge in [0.1, 0.15) is 0 Å². The lowest BCUT2D eigenvalue weighted by Gasteiger charge is -2.46. The van der Waals surface area contributed by atoms with Gasteiger partial charge in [-0.25, -0.2) is 0 Å². The maximum absolute atomic E-state index is 11.3. The molecule has 1 saturated carbocycles. The van der Waals surface area contributed by atoms with Crippen molar-refractivity contribution in [2.75, 3.05) is 26.2 Å². The highest BCUT2D eigenvalue weighted by molar-refractivity contribution is 5.71. The van der Waals surface area contributed by atoms with E-state index in [1.165, 1.54) is 25.8 Å². The summed E-state index contributed by atoms with van der Waals surface area (Å²) in [5, 5.41) is 9.31. The largest absolute Gasteiger partial charge is 0.481 e. The van der Waals surface area contributed by atoms with Crippen molar-refractivity contribution >= 4 is 5.97 Å². The van der Waals surface area contributed by atoms with Crippen LogP contribution in [0.4, 0.5) is 0 Å². The number of rotatable bonds is 2. The van der Waals surface area contributed by atoms with Gasteiger partial charge in [-0.05, 0) is 32.2 Å². The van der Waals surface area contributed by atoms with Crippen LogP contribution in [0.1, 0.15) is 38.5 Å². The first-order valence-corrected chi connectivity index (χ1v) is 7.46. The SMILES string of the molecule is O=C(O)C1CCCC1N1CCN2CCCCC2C1. The van der Waals surface area contributed by atoms with Crippen molar-refractivity contribution < 1.29 is 9.90 Å². The fourth-order valence-corrected chi connectivity index (χ4v) is 4.15. The standard InChI is InChI=1S/C14H24N2O2/c17-14(18)12-5-3-6-13(12)16-9-8-15-7-2-1-4-11(15)10-16/h11-13H,1-10H2,(H,17,18). The third-order valence-electron chi connectivity index (χ3n) is 5.13. The van der Waals surface area contributed by atoms with Gasteiger partial charge in [-0.15, -0.1) is 0 Å². The molecule has 3 aliphatic rings. The Morgan fingerprint density at radius 1 is 0.944 bits per heavy atom. The first-order chi connectivity index (χ1) is 8.75. The number of fused-ring (bicyclic) bond motifs is 1. The summed E-state index contributed by atoms with van der Waals surface area (Å²) >= 11 is 0. The van der Waals surface area contributed by atoms with Crippen LogP contribution >= 0.6 is 0 Å². The number of nitrogens with zero attached hydrogens (tertiary/aromatic N) is 2. The average molecular weight is 252 g/mol. The van der Waals surface area contributed by atoms with Gasteiger partial charge < -0.3 is 5.11 Å². The molecule has 2 aliphatic heterocycles. The Morgan fingerprint density at radius 2 is 1.78 bits per heavy atom. The van der Waals surface area contributed by atoms with Crippen LogP contribution in [-0.4, -0.2) is 59.1 Å². The Labute approximate surface area is 109 Å². The van der Waals surface area contributed by atoms with Crippen LogP contribution in [-0.2, 0) is 4.79 Å². The minimum atomic E-state index is -0.580. The normalized spacial score (nSPS) is 38.6. The second kappa shape index (κ2) is 5.17. The van der Waals surface area contributed by atoms with Crippen molar-refractivity contribution in [3.63, 3.8) is 0 Å². The molecule has 4 heteroatoms. The second-order valence-corrected chi connectivity index (χ2v) is 6.12. The molecule has 2 heterocycles. The van der Waals surface area contributed by atoms with Gasteiger partial charge in [0.05, 0.1) is 5.92 Å². The number of carbonyl (C=O) groups is 1. The Kier molecular flexibility index (Phi) is 3.57. The smallest absolute Gasteiger partial charge is 0.308 e. The van der Waals surface area contributed by atoms with Gasteiger partial charge in [0.25, 0.3) is 0 Å². The van der Waals surface area contributed by atoms with Gasteiger partial charge in [-0.1, -0.05) is 12.8 Å². The van der Waals surface area contributed by atoms with Gasteiger partial charge in [-0.3, -0.25) is 14.6 Å². The van der Waals surface area contributed by atoms with Crippen LogP contribution in [0.2, 0.25) is 0 Å². The van der Waals surface area contributed by atoms with Crippen molar-refractivity contribution in [3.8, 4) is 0 Å². The van der Waals surface area contributed by atoms with E-state index in [1.807, 2.05) is 0 Å². The lowest BCUT2D eigenvalue weighted by molar-refractivity contribution is -0.144. The summed E-state index contributed by atoms with van der Waals surface area (Å²) in [6, 6.07) is 1.01. The van der Waals surface area contributed by atoms with Gasteiger partial charge in [0.15, 0.2) is 0 Å². The van der Waals surface area contributed by atoms with Gasteiger partial charge in [0.2, 0.25) is 0 Å². The molecular weight excluding hydrogens is 228 g/mol. The first kappa shape index (κ1) is 12.4. The molecule has 3 fully saturated rings. The minimum Gasteiger partial charge on any atom is -0.481 e. The molecule has 3 rings (SSSR count). The van der Waals surface area contributed by atoms with Gasteiger partial charge in [0, 0.05) is 31.7 Å². The summed E-state index contributed by atoms with van der Waals surface area (Å²) < 4.78 is 0. The molecule has 0 aromatic rings. The molecule has 0 aromatic carbocycles. The quantitative estimate of drug-likeness (QED) is 0.807. The molecule has 0 aromatic heterocycles. The fraction of sp³-hybridized carbons (Fsp3) is 0.929. The molecule has 1 N–H and O–H groups in total. The molecule has 1 aliphatic carbocycles. The van der Waals surface area contributed by atoms with Crippen molar-refractivity contribution in [2.45, 2.75) is 50.6 Å². The lowest BCUT2D eigenvalue weighted by atomic mass is 9.96. The summed E-state index contributed by atoms with van der Waals surface area (Å²) in [5.41, 5.74) is 0. The molecule has 0 amide bonds. The van der Waals surface area contributed by atoms with Gasteiger partial charge >= 0.3 is 5.97 Å². The Morgan fingerprint density at radius 3 is 2.61 bits per heavy atom. The summed E-state index contributed by atoms with van der Waals surface area (Å²) in [7, 11) is 0. The third-order valence-corrected chi connectivity index (χ3v) is 5.13. The predicted molar refractivity (Wildman–Crippen MR) is 69.5 cm³/mol. The van der Waals surface area contributed by atoms with Crippen LogP contribution in [0.25, 0.3) is 0 Å². The fourth-order valence-electron chi connectivity index (χ4n) is 4.15. The Bertz CT molecular complexity index is 321. The highest BCUT2D eigenvalue weighted by atomic mass is 16.4. The predicted octanol–water partition coefficient (Wildman–Crippen LogP) is 1.41. The molecular formula is C14H24N2O2. The molecule has 3 atom stereocenters. The molecule has 18 heavy (non-hydrogen) atoms. The molecule has 4 nitrogen and oxygen atoms in total. The lowest BCUT2D eigenvalue weighted by Crippen LogP contribution is -2.58. The van der Waals surface area contributed by atoms with Gasteiger partial charge in [-0.2, -0.15) is 0 Å². The van der Waals surface area contributed by atoms with Crippen molar-refractivity contribution in [3.05, 3.63) is 0 Å². The summed E-state index contributed by atoms with van der Waals surface area (Å²) in [6.07, 6.45) is 7.06. The van der Waals surface area contributed by atoms with Crippen molar-refractivity contribution in [1.29, 1.82) is 0 Å². The van der Waals surface area contributed by atoms with E-state index >= 15 is 0 Å². The zero-order valence-electron chi connectivity index (χ0n) is 11.1. The van der Waals surface area contributed by atoms with Crippen LogP contribution in [0, 0.1) is 5.92 Å². The minimum absolute atomic E-state index is 0.111. The number of carboxylic acids is 1. The molecule has 0 radical (unpaired) electrons.